The molecule has 0 saturated heterocycles. The van der Waals surface area contributed by atoms with Crippen LogP contribution < -0.4 is 10.1 Å². The molecule has 0 aromatic heterocycles. The van der Waals surface area contributed by atoms with E-state index in [0.717, 1.165) is 30.6 Å². The molecular formula is C17H24FNO. The Bertz CT molecular complexity index is 502. The summed E-state index contributed by atoms with van der Waals surface area (Å²) in [6.07, 6.45) is 5.46. The van der Waals surface area contributed by atoms with Gasteiger partial charge in [0.1, 0.15) is 17.2 Å². The smallest absolute Gasteiger partial charge is 0.127 e. The standard InChI is InChI=1S/C17H24FNO/c1-16(2)6-8-17(9-7-16)11-14(19-3)13-5-4-12(18)10-15(13)20-17/h4-5,10,14,19H,6-9,11H2,1-3H3. The van der Waals surface area contributed by atoms with Gasteiger partial charge in [-0.15, -0.1) is 0 Å². The molecule has 2 nitrogen and oxygen atoms in total. The van der Waals surface area contributed by atoms with Crippen molar-refractivity contribution in [3.63, 3.8) is 0 Å². The van der Waals surface area contributed by atoms with E-state index in [1.54, 1.807) is 6.07 Å². The first kappa shape index (κ1) is 13.9. The Labute approximate surface area is 120 Å². The quantitative estimate of drug-likeness (QED) is 0.830. The van der Waals surface area contributed by atoms with E-state index < -0.39 is 0 Å². The van der Waals surface area contributed by atoms with Crippen molar-refractivity contribution in [2.45, 2.75) is 57.6 Å². The van der Waals surface area contributed by atoms with E-state index in [1.165, 1.54) is 18.9 Å². The van der Waals surface area contributed by atoms with Gasteiger partial charge in [0.05, 0.1) is 0 Å². The van der Waals surface area contributed by atoms with E-state index in [4.69, 9.17) is 4.74 Å². The Morgan fingerprint density at radius 3 is 2.55 bits per heavy atom. The van der Waals surface area contributed by atoms with Gasteiger partial charge in [0.25, 0.3) is 0 Å². The minimum absolute atomic E-state index is 0.107. The molecule has 1 aliphatic carbocycles. The van der Waals surface area contributed by atoms with Crippen LogP contribution in [-0.4, -0.2) is 12.6 Å². The van der Waals surface area contributed by atoms with Gasteiger partial charge in [-0.2, -0.15) is 0 Å². The molecular weight excluding hydrogens is 253 g/mol. The number of halogens is 1. The van der Waals surface area contributed by atoms with Crippen LogP contribution in [0.3, 0.4) is 0 Å². The second-order valence-electron chi connectivity index (χ2n) is 7.18. The number of nitrogens with one attached hydrogen (secondary N) is 1. The average molecular weight is 277 g/mol. The second-order valence-corrected chi connectivity index (χ2v) is 7.18. The van der Waals surface area contributed by atoms with Gasteiger partial charge in [-0.1, -0.05) is 19.9 Å². The maximum absolute atomic E-state index is 13.5. The first-order valence-electron chi connectivity index (χ1n) is 7.59. The van der Waals surface area contributed by atoms with Gasteiger partial charge in [-0.25, -0.2) is 4.39 Å². The SMILES string of the molecule is CNC1CC2(CCC(C)(C)CC2)Oc2cc(F)ccc21. The van der Waals surface area contributed by atoms with Crippen LogP contribution in [0.25, 0.3) is 0 Å². The molecule has 3 rings (SSSR count). The van der Waals surface area contributed by atoms with Gasteiger partial charge >= 0.3 is 0 Å². The summed E-state index contributed by atoms with van der Waals surface area (Å²) in [5.41, 5.74) is 1.39. The third-order valence-corrected chi connectivity index (χ3v) is 5.12. The molecule has 0 bridgehead atoms. The largest absolute Gasteiger partial charge is 0.487 e. The van der Waals surface area contributed by atoms with Crippen LogP contribution in [0.5, 0.6) is 5.75 Å². The van der Waals surface area contributed by atoms with Gasteiger partial charge in [0, 0.05) is 24.1 Å². The van der Waals surface area contributed by atoms with Crippen molar-refractivity contribution in [1.29, 1.82) is 0 Å². The number of fused-ring (bicyclic) bond motifs is 1. The zero-order valence-corrected chi connectivity index (χ0v) is 12.6. The third kappa shape index (κ3) is 2.44. The zero-order chi connectivity index (χ0) is 14.4. The molecule has 0 amide bonds. The lowest BCUT2D eigenvalue weighted by Gasteiger charge is -2.48. The van der Waals surface area contributed by atoms with Crippen molar-refractivity contribution < 1.29 is 9.13 Å². The maximum atomic E-state index is 13.5. The van der Waals surface area contributed by atoms with Crippen molar-refractivity contribution >= 4 is 0 Å². The Balaban J connectivity index is 1.90. The molecule has 1 saturated carbocycles. The lowest BCUT2D eigenvalue weighted by molar-refractivity contribution is -0.0291. The van der Waals surface area contributed by atoms with Crippen LogP contribution in [0.4, 0.5) is 4.39 Å². The number of hydrogen-bond acceptors (Lipinski definition) is 2. The van der Waals surface area contributed by atoms with Crippen molar-refractivity contribution in [3.05, 3.63) is 29.6 Å². The Hall–Kier alpha value is -1.09. The lowest BCUT2D eigenvalue weighted by atomic mass is 9.68. The lowest BCUT2D eigenvalue weighted by Crippen LogP contribution is -2.47. The fourth-order valence-electron chi connectivity index (χ4n) is 3.59. The van der Waals surface area contributed by atoms with E-state index >= 15 is 0 Å². The Kier molecular flexibility index (Phi) is 3.28. The molecule has 1 aliphatic heterocycles. The summed E-state index contributed by atoms with van der Waals surface area (Å²) in [6.45, 7) is 4.65. The summed E-state index contributed by atoms with van der Waals surface area (Å²) in [4.78, 5) is 0. The number of ether oxygens (including phenoxy) is 1. The number of benzene rings is 1. The molecule has 0 radical (unpaired) electrons. The molecule has 110 valence electrons. The van der Waals surface area contributed by atoms with Crippen LogP contribution in [0.15, 0.2) is 18.2 Å². The third-order valence-electron chi connectivity index (χ3n) is 5.12. The first-order chi connectivity index (χ1) is 9.43. The summed E-state index contributed by atoms with van der Waals surface area (Å²) in [6, 6.07) is 5.18. The normalized spacial score (nSPS) is 26.9. The highest BCUT2D eigenvalue weighted by molar-refractivity contribution is 5.39. The molecule has 1 N–H and O–H groups in total. The summed E-state index contributed by atoms with van der Waals surface area (Å²) < 4.78 is 19.8. The summed E-state index contributed by atoms with van der Waals surface area (Å²) >= 11 is 0. The van der Waals surface area contributed by atoms with E-state index in [-0.39, 0.29) is 17.5 Å². The number of hydrogen-bond donors (Lipinski definition) is 1. The minimum Gasteiger partial charge on any atom is -0.487 e. The molecule has 1 atom stereocenters. The van der Waals surface area contributed by atoms with Gasteiger partial charge in [-0.3, -0.25) is 0 Å². The molecule has 1 unspecified atom stereocenters. The topological polar surface area (TPSA) is 21.3 Å². The highest BCUT2D eigenvalue weighted by Crippen LogP contribution is 2.49. The fraction of sp³-hybridized carbons (Fsp3) is 0.647. The Morgan fingerprint density at radius 1 is 1.20 bits per heavy atom. The van der Waals surface area contributed by atoms with Crippen LogP contribution >= 0.6 is 0 Å². The molecule has 2 aliphatic rings. The zero-order valence-electron chi connectivity index (χ0n) is 12.6. The van der Waals surface area contributed by atoms with Crippen molar-refractivity contribution in [2.75, 3.05) is 7.05 Å². The molecule has 1 fully saturated rings. The monoisotopic (exact) mass is 277 g/mol. The van der Waals surface area contributed by atoms with E-state index in [0.29, 0.717) is 5.41 Å². The van der Waals surface area contributed by atoms with Crippen molar-refractivity contribution in [2.24, 2.45) is 5.41 Å². The van der Waals surface area contributed by atoms with Crippen molar-refractivity contribution in [1.82, 2.24) is 5.32 Å². The fourth-order valence-corrected chi connectivity index (χ4v) is 3.59. The highest BCUT2D eigenvalue weighted by Gasteiger charge is 2.45. The van der Waals surface area contributed by atoms with E-state index in [9.17, 15) is 4.39 Å². The summed E-state index contributed by atoms with van der Waals surface area (Å²) in [5, 5.41) is 3.37. The maximum Gasteiger partial charge on any atom is 0.127 e. The van der Waals surface area contributed by atoms with Crippen LogP contribution in [0.2, 0.25) is 0 Å². The average Bonchev–Trinajstić information content (AvgIpc) is 2.41. The van der Waals surface area contributed by atoms with Crippen LogP contribution in [0, 0.1) is 11.2 Å². The van der Waals surface area contributed by atoms with Gasteiger partial charge in [0.2, 0.25) is 0 Å². The van der Waals surface area contributed by atoms with Crippen LogP contribution in [-0.2, 0) is 0 Å². The van der Waals surface area contributed by atoms with Gasteiger partial charge in [-0.05, 0) is 44.2 Å². The Morgan fingerprint density at radius 2 is 1.90 bits per heavy atom. The van der Waals surface area contributed by atoms with E-state index in [1.807, 2.05) is 13.1 Å². The van der Waals surface area contributed by atoms with Gasteiger partial charge < -0.3 is 10.1 Å². The predicted molar refractivity (Wildman–Crippen MR) is 78.4 cm³/mol. The summed E-state index contributed by atoms with van der Waals surface area (Å²) in [5.74, 6) is 0.516. The molecule has 3 heteroatoms. The first-order valence-corrected chi connectivity index (χ1v) is 7.59. The van der Waals surface area contributed by atoms with Crippen molar-refractivity contribution in [3.8, 4) is 5.75 Å². The van der Waals surface area contributed by atoms with E-state index in [2.05, 4.69) is 19.2 Å². The predicted octanol–water partition coefficient (Wildman–Crippen LogP) is 4.21. The van der Waals surface area contributed by atoms with Crippen LogP contribution in [0.1, 0.15) is 57.6 Å². The van der Waals surface area contributed by atoms with Gasteiger partial charge in [0.15, 0.2) is 0 Å². The molecule has 1 aromatic carbocycles. The molecule has 1 heterocycles. The molecule has 20 heavy (non-hydrogen) atoms. The second kappa shape index (κ2) is 4.73. The molecule has 1 spiro atoms. The minimum atomic E-state index is -0.216. The molecule has 1 aromatic rings. The summed E-state index contributed by atoms with van der Waals surface area (Å²) in [7, 11) is 1.98. The number of rotatable bonds is 1. The highest BCUT2D eigenvalue weighted by atomic mass is 19.1.